The number of epoxide rings is 1. The molecule has 0 bridgehead atoms. The zero-order valence-electron chi connectivity index (χ0n) is 9.36. The van der Waals surface area contributed by atoms with Gasteiger partial charge in [0.05, 0.1) is 6.61 Å². The van der Waals surface area contributed by atoms with Crippen LogP contribution in [0.1, 0.15) is 24.3 Å². The number of carbonyl (C=O) groups excluding carboxylic acids is 1. The second kappa shape index (κ2) is 4.31. The predicted octanol–water partition coefficient (Wildman–Crippen LogP) is 2.10. The van der Waals surface area contributed by atoms with Crippen LogP contribution in [0.15, 0.2) is 24.3 Å². The first kappa shape index (κ1) is 11.1. The van der Waals surface area contributed by atoms with Crippen LogP contribution in [0.25, 0.3) is 0 Å². The summed E-state index contributed by atoms with van der Waals surface area (Å²) in [6, 6.07) is 8.07. The molecule has 1 saturated heterocycles. The summed E-state index contributed by atoms with van der Waals surface area (Å²) in [6.45, 7) is 0.565. The molecule has 1 aliphatic carbocycles. The van der Waals surface area contributed by atoms with Gasteiger partial charge in [0.2, 0.25) is 0 Å². The number of rotatable bonds is 3. The average Bonchev–Trinajstić information content (AvgIpc) is 3.11. The molecule has 90 valence electrons. The molecular weight excluding hydrogens is 238 g/mol. The lowest BCUT2D eigenvalue weighted by atomic mass is 9.75. The molecule has 3 nitrogen and oxygen atoms in total. The predicted molar refractivity (Wildman–Crippen MR) is 65.1 cm³/mol. The summed E-state index contributed by atoms with van der Waals surface area (Å²) in [4.78, 5) is 11.6. The van der Waals surface area contributed by atoms with Crippen molar-refractivity contribution in [2.45, 2.75) is 30.9 Å². The Morgan fingerprint density at radius 1 is 1.35 bits per heavy atom. The van der Waals surface area contributed by atoms with E-state index in [0.717, 1.165) is 23.4 Å². The summed E-state index contributed by atoms with van der Waals surface area (Å²) in [7, 11) is 0. The fraction of sp³-hybridized carbons (Fsp3) is 0.462. The highest BCUT2D eigenvalue weighted by atomic mass is 35.5. The van der Waals surface area contributed by atoms with Crippen LogP contribution in [0.2, 0.25) is 5.02 Å². The first-order valence-corrected chi connectivity index (χ1v) is 6.30. The minimum absolute atomic E-state index is 0.0201. The van der Waals surface area contributed by atoms with Gasteiger partial charge in [-0.25, -0.2) is 0 Å². The fourth-order valence-corrected chi connectivity index (χ4v) is 2.57. The van der Waals surface area contributed by atoms with Crippen LogP contribution in [-0.4, -0.2) is 24.7 Å². The molecule has 1 amide bonds. The van der Waals surface area contributed by atoms with Crippen LogP contribution in [0.4, 0.5) is 0 Å². The summed E-state index contributed by atoms with van der Waals surface area (Å²) < 4.78 is 4.97. The van der Waals surface area contributed by atoms with Crippen molar-refractivity contribution in [1.29, 1.82) is 0 Å². The minimum atomic E-state index is -0.206. The van der Waals surface area contributed by atoms with Crippen molar-refractivity contribution in [3.05, 3.63) is 34.9 Å². The van der Waals surface area contributed by atoms with E-state index in [0.29, 0.717) is 12.5 Å². The largest absolute Gasteiger partial charge is 0.363 e. The Hall–Kier alpha value is -1.06. The molecule has 0 aromatic heterocycles. The molecule has 1 saturated carbocycles. The normalized spacial score (nSPS) is 30.5. The number of hydrogen-bond acceptors (Lipinski definition) is 2. The number of halogens is 1. The van der Waals surface area contributed by atoms with E-state index < -0.39 is 0 Å². The molecule has 1 heterocycles. The maximum absolute atomic E-state index is 11.6. The topological polar surface area (TPSA) is 41.6 Å². The van der Waals surface area contributed by atoms with Gasteiger partial charge in [-0.15, -0.1) is 0 Å². The van der Waals surface area contributed by atoms with E-state index in [-0.39, 0.29) is 18.1 Å². The van der Waals surface area contributed by atoms with E-state index in [1.807, 2.05) is 24.3 Å². The zero-order valence-corrected chi connectivity index (χ0v) is 10.1. The third kappa shape index (κ3) is 2.17. The van der Waals surface area contributed by atoms with Gasteiger partial charge in [0, 0.05) is 17.0 Å². The molecule has 3 rings (SSSR count). The highest BCUT2D eigenvalue weighted by Crippen LogP contribution is 2.40. The molecule has 3 atom stereocenters. The SMILES string of the molecule is O=C(NC1CCC1c1ccccc1Cl)C1CO1. The second-order valence-corrected chi connectivity index (χ2v) is 5.05. The van der Waals surface area contributed by atoms with E-state index in [4.69, 9.17) is 16.3 Å². The Kier molecular flexibility index (Phi) is 2.81. The number of hydrogen-bond donors (Lipinski definition) is 1. The lowest BCUT2D eigenvalue weighted by molar-refractivity contribution is -0.123. The summed E-state index contributed by atoms with van der Waals surface area (Å²) in [5, 5.41) is 3.82. The number of amides is 1. The number of nitrogens with one attached hydrogen (secondary N) is 1. The highest BCUT2D eigenvalue weighted by Gasteiger charge is 2.38. The highest BCUT2D eigenvalue weighted by molar-refractivity contribution is 6.31. The molecule has 2 aliphatic rings. The van der Waals surface area contributed by atoms with Gasteiger partial charge in [-0.3, -0.25) is 4.79 Å². The van der Waals surface area contributed by atoms with Crippen LogP contribution in [0.5, 0.6) is 0 Å². The summed E-state index contributed by atoms with van der Waals surface area (Å²) in [5.41, 5.74) is 1.14. The van der Waals surface area contributed by atoms with E-state index in [9.17, 15) is 4.79 Å². The lowest BCUT2D eigenvalue weighted by Gasteiger charge is -2.37. The molecule has 3 unspecified atom stereocenters. The third-order valence-electron chi connectivity index (χ3n) is 3.53. The van der Waals surface area contributed by atoms with Gasteiger partial charge in [0.1, 0.15) is 0 Å². The molecular formula is C13H14ClNO2. The van der Waals surface area contributed by atoms with Crippen molar-refractivity contribution in [2.24, 2.45) is 0 Å². The maximum atomic E-state index is 11.6. The minimum Gasteiger partial charge on any atom is -0.363 e. The van der Waals surface area contributed by atoms with Crippen LogP contribution in [0.3, 0.4) is 0 Å². The van der Waals surface area contributed by atoms with E-state index >= 15 is 0 Å². The Bertz CT molecular complexity index is 445. The molecule has 17 heavy (non-hydrogen) atoms. The second-order valence-electron chi connectivity index (χ2n) is 4.64. The maximum Gasteiger partial charge on any atom is 0.251 e. The summed E-state index contributed by atoms with van der Waals surface area (Å²) in [5.74, 6) is 0.373. The van der Waals surface area contributed by atoms with Gasteiger partial charge in [0.25, 0.3) is 5.91 Å². The van der Waals surface area contributed by atoms with Crippen molar-refractivity contribution in [3.63, 3.8) is 0 Å². The molecule has 1 N–H and O–H groups in total. The monoisotopic (exact) mass is 251 g/mol. The van der Waals surface area contributed by atoms with E-state index in [1.54, 1.807) is 0 Å². The number of carbonyl (C=O) groups is 1. The van der Waals surface area contributed by atoms with Crippen LogP contribution >= 0.6 is 11.6 Å². The Labute approximate surface area is 105 Å². The molecule has 0 spiro atoms. The fourth-order valence-electron chi connectivity index (χ4n) is 2.30. The lowest BCUT2D eigenvalue weighted by Crippen LogP contribution is -2.47. The Balaban J connectivity index is 1.68. The molecule has 0 radical (unpaired) electrons. The number of benzene rings is 1. The van der Waals surface area contributed by atoms with Crippen molar-refractivity contribution in [1.82, 2.24) is 5.32 Å². The average molecular weight is 252 g/mol. The molecule has 1 aliphatic heterocycles. The summed E-state index contributed by atoms with van der Waals surface area (Å²) in [6.07, 6.45) is 1.90. The van der Waals surface area contributed by atoms with Gasteiger partial charge in [-0.2, -0.15) is 0 Å². The van der Waals surface area contributed by atoms with Crippen LogP contribution in [-0.2, 0) is 9.53 Å². The molecule has 2 fully saturated rings. The first-order chi connectivity index (χ1) is 8.25. The zero-order chi connectivity index (χ0) is 11.8. The number of ether oxygens (including phenoxy) is 1. The van der Waals surface area contributed by atoms with Crippen molar-refractivity contribution in [2.75, 3.05) is 6.61 Å². The first-order valence-electron chi connectivity index (χ1n) is 5.92. The van der Waals surface area contributed by atoms with E-state index in [2.05, 4.69) is 5.32 Å². The van der Waals surface area contributed by atoms with Gasteiger partial charge in [0.15, 0.2) is 6.10 Å². The molecule has 4 heteroatoms. The van der Waals surface area contributed by atoms with Crippen molar-refractivity contribution < 1.29 is 9.53 Å². The van der Waals surface area contributed by atoms with Gasteiger partial charge in [-0.05, 0) is 24.5 Å². The molecule has 1 aromatic rings. The van der Waals surface area contributed by atoms with E-state index in [1.165, 1.54) is 0 Å². The quantitative estimate of drug-likeness (QED) is 0.836. The third-order valence-corrected chi connectivity index (χ3v) is 3.88. The smallest absolute Gasteiger partial charge is 0.251 e. The van der Waals surface area contributed by atoms with Gasteiger partial charge in [-0.1, -0.05) is 29.8 Å². The van der Waals surface area contributed by atoms with Gasteiger partial charge < -0.3 is 10.1 Å². The molecule has 1 aromatic carbocycles. The summed E-state index contributed by atoms with van der Waals surface area (Å²) >= 11 is 6.17. The van der Waals surface area contributed by atoms with Crippen molar-refractivity contribution in [3.8, 4) is 0 Å². The Morgan fingerprint density at radius 3 is 2.71 bits per heavy atom. The van der Waals surface area contributed by atoms with Crippen LogP contribution in [0, 0.1) is 0 Å². The van der Waals surface area contributed by atoms with Crippen LogP contribution < -0.4 is 5.32 Å². The van der Waals surface area contributed by atoms with Crippen molar-refractivity contribution >= 4 is 17.5 Å². The standard InChI is InChI=1S/C13H14ClNO2/c14-10-4-2-1-3-8(10)9-5-6-11(9)15-13(16)12-7-17-12/h1-4,9,11-12H,5-7H2,(H,15,16). The Morgan fingerprint density at radius 2 is 2.12 bits per heavy atom. The van der Waals surface area contributed by atoms with Gasteiger partial charge >= 0.3 is 0 Å².